The molecule has 0 radical (unpaired) electrons. The van der Waals surface area contributed by atoms with E-state index in [1.54, 1.807) is 0 Å². The highest BCUT2D eigenvalue weighted by Gasteiger charge is 2.04. The Morgan fingerprint density at radius 1 is 1.24 bits per heavy atom. The molecule has 17 heavy (non-hydrogen) atoms. The molecule has 1 atom stereocenters. The third-order valence-electron chi connectivity index (χ3n) is 2.71. The van der Waals surface area contributed by atoms with E-state index in [9.17, 15) is 0 Å². The number of nitrogens with zero attached hydrogens (tertiary/aromatic N) is 1. The van der Waals surface area contributed by atoms with E-state index >= 15 is 0 Å². The van der Waals surface area contributed by atoms with Gasteiger partial charge in [0, 0.05) is 29.5 Å². The van der Waals surface area contributed by atoms with E-state index < -0.39 is 0 Å². The minimum absolute atomic E-state index is 0.334. The van der Waals surface area contributed by atoms with Crippen LogP contribution in [0.3, 0.4) is 0 Å². The number of pyridine rings is 1. The minimum Gasteiger partial charge on any atom is -0.306 e. The quantitative estimate of drug-likeness (QED) is 0.929. The van der Waals surface area contributed by atoms with Gasteiger partial charge in [0.25, 0.3) is 0 Å². The van der Waals surface area contributed by atoms with Crippen molar-refractivity contribution in [1.29, 1.82) is 0 Å². The molecule has 2 rings (SSSR count). The fourth-order valence-electron chi connectivity index (χ4n) is 1.67. The first kappa shape index (κ1) is 12.3. The Bertz CT molecular complexity index is 471. The summed E-state index contributed by atoms with van der Waals surface area (Å²) < 4.78 is 1.12. The van der Waals surface area contributed by atoms with Gasteiger partial charge in [-0.1, -0.05) is 28.1 Å². The number of aromatic nitrogens is 1. The SMILES string of the molecule is CC(NCc1ccncc1)c1cccc(Br)c1. The number of benzene rings is 1. The zero-order valence-electron chi connectivity index (χ0n) is 9.73. The van der Waals surface area contributed by atoms with Crippen LogP contribution in [0.2, 0.25) is 0 Å². The molecule has 0 aliphatic heterocycles. The zero-order chi connectivity index (χ0) is 12.1. The molecule has 0 bridgehead atoms. The van der Waals surface area contributed by atoms with Gasteiger partial charge < -0.3 is 5.32 Å². The van der Waals surface area contributed by atoms with Crippen LogP contribution in [0, 0.1) is 0 Å². The van der Waals surface area contributed by atoms with E-state index in [1.807, 2.05) is 30.6 Å². The van der Waals surface area contributed by atoms with Gasteiger partial charge in [-0.2, -0.15) is 0 Å². The van der Waals surface area contributed by atoms with Gasteiger partial charge in [-0.3, -0.25) is 4.98 Å². The van der Waals surface area contributed by atoms with Crippen molar-refractivity contribution < 1.29 is 0 Å². The van der Waals surface area contributed by atoms with E-state index in [-0.39, 0.29) is 0 Å². The molecule has 88 valence electrons. The Balaban J connectivity index is 1.96. The molecule has 0 aliphatic carbocycles. The zero-order valence-corrected chi connectivity index (χ0v) is 11.3. The second kappa shape index (κ2) is 5.94. The Morgan fingerprint density at radius 3 is 2.71 bits per heavy atom. The van der Waals surface area contributed by atoms with Crippen molar-refractivity contribution in [3.05, 3.63) is 64.4 Å². The van der Waals surface area contributed by atoms with Crippen molar-refractivity contribution in [2.24, 2.45) is 0 Å². The number of nitrogens with one attached hydrogen (secondary N) is 1. The molecule has 0 amide bonds. The lowest BCUT2D eigenvalue weighted by Crippen LogP contribution is -2.17. The lowest BCUT2D eigenvalue weighted by atomic mass is 10.1. The normalized spacial score (nSPS) is 12.4. The lowest BCUT2D eigenvalue weighted by molar-refractivity contribution is 0.574. The van der Waals surface area contributed by atoms with Crippen LogP contribution >= 0.6 is 15.9 Å². The number of hydrogen-bond acceptors (Lipinski definition) is 2. The minimum atomic E-state index is 0.334. The second-order valence-corrected chi connectivity index (χ2v) is 4.93. The predicted octanol–water partition coefficient (Wildman–Crippen LogP) is 3.69. The molecule has 1 N–H and O–H groups in total. The van der Waals surface area contributed by atoms with Gasteiger partial charge in [-0.05, 0) is 42.3 Å². The van der Waals surface area contributed by atoms with Gasteiger partial charge in [-0.15, -0.1) is 0 Å². The fourth-order valence-corrected chi connectivity index (χ4v) is 2.08. The topological polar surface area (TPSA) is 24.9 Å². The third-order valence-corrected chi connectivity index (χ3v) is 3.20. The summed E-state index contributed by atoms with van der Waals surface area (Å²) in [6, 6.07) is 12.8. The lowest BCUT2D eigenvalue weighted by Gasteiger charge is -2.14. The van der Waals surface area contributed by atoms with Gasteiger partial charge >= 0.3 is 0 Å². The van der Waals surface area contributed by atoms with Crippen molar-refractivity contribution in [2.75, 3.05) is 0 Å². The van der Waals surface area contributed by atoms with Crippen molar-refractivity contribution in [3.63, 3.8) is 0 Å². The van der Waals surface area contributed by atoms with Crippen molar-refractivity contribution in [1.82, 2.24) is 10.3 Å². The molecule has 0 saturated heterocycles. The fraction of sp³-hybridized carbons (Fsp3) is 0.214. The summed E-state index contributed by atoms with van der Waals surface area (Å²) in [4.78, 5) is 4.01. The summed E-state index contributed by atoms with van der Waals surface area (Å²) in [7, 11) is 0. The Labute approximate surface area is 110 Å². The first-order valence-electron chi connectivity index (χ1n) is 5.63. The van der Waals surface area contributed by atoms with Gasteiger partial charge in [0.2, 0.25) is 0 Å². The smallest absolute Gasteiger partial charge is 0.0295 e. The molecule has 0 fully saturated rings. The second-order valence-electron chi connectivity index (χ2n) is 4.01. The first-order valence-corrected chi connectivity index (χ1v) is 6.43. The molecular formula is C14H15BrN2. The monoisotopic (exact) mass is 290 g/mol. The molecule has 2 aromatic rings. The molecule has 1 aromatic carbocycles. The third kappa shape index (κ3) is 3.65. The number of halogens is 1. The standard InChI is InChI=1S/C14H15BrN2/c1-11(13-3-2-4-14(15)9-13)17-10-12-5-7-16-8-6-12/h2-9,11,17H,10H2,1H3. The Kier molecular flexibility index (Phi) is 4.29. The number of rotatable bonds is 4. The Hall–Kier alpha value is -1.19. The van der Waals surface area contributed by atoms with Crippen LogP contribution in [0.1, 0.15) is 24.1 Å². The van der Waals surface area contributed by atoms with Crippen LogP contribution in [0.5, 0.6) is 0 Å². The van der Waals surface area contributed by atoms with Gasteiger partial charge in [0.1, 0.15) is 0 Å². The van der Waals surface area contributed by atoms with Crippen LogP contribution in [0.4, 0.5) is 0 Å². The summed E-state index contributed by atoms with van der Waals surface area (Å²) in [5.74, 6) is 0. The largest absolute Gasteiger partial charge is 0.306 e. The maximum absolute atomic E-state index is 4.01. The summed E-state index contributed by atoms with van der Waals surface area (Å²) in [5.41, 5.74) is 2.54. The molecule has 1 aromatic heterocycles. The molecule has 1 unspecified atom stereocenters. The first-order chi connectivity index (χ1) is 8.25. The molecular weight excluding hydrogens is 276 g/mol. The van der Waals surface area contributed by atoms with Crippen LogP contribution in [-0.4, -0.2) is 4.98 Å². The van der Waals surface area contributed by atoms with Crippen LogP contribution in [0.15, 0.2) is 53.3 Å². The summed E-state index contributed by atoms with van der Waals surface area (Å²) in [6.07, 6.45) is 3.64. The van der Waals surface area contributed by atoms with Crippen LogP contribution in [0.25, 0.3) is 0 Å². The van der Waals surface area contributed by atoms with E-state index in [2.05, 4.69) is 51.4 Å². The molecule has 0 saturated carbocycles. The van der Waals surface area contributed by atoms with Gasteiger partial charge in [-0.25, -0.2) is 0 Å². The highest BCUT2D eigenvalue weighted by molar-refractivity contribution is 9.10. The predicted molar refractivity (Wildman–Crippen MR) is 73.6 cm³/mol. The molecule has 2 nitrogen and oxygen atoms in total. The summed E-state index contributed by atoms with van der Waals surface area (Å²) >= 11 is 3.49. The number of hydrogen-bond donors (Lipinski definition) is 1. The maximum Gasteiger partial charge on any atom is 0.0295 e. The summed E-state index contributed by atoms with van der Waals surface area (Å²) in [5, 5.41) is 3.49. The summed E-state index contributed by atoms with van der Waals surface area (Å²) in [6.45, 7) is 3.03. The highest BCUT2D eigenvalue weighted by atomic mass is 79.9. The van der Waals surface area contributed by atoms with E-state index in [1.165, 1.54) is 11.1 Å². The average Bonchev–Trinajstić information content (AvgIpc) is 2.37. The van der Waals surface area contributed by atoms with Gasteiger partial charge in [0.05, 0.1) is 0 Å². The van der Waals surface area contributed by atoms with Crippen LogP contribution < -0.4 is 5.32 Å². The van der Waals surface area contributed by atoms with E-state index in [0.29, 0.717) is 6.04 Å². The van der Waals surface area contributed by atoms with Crippen molar-refractivity contribution >= 4 is 15.9 Å². The van der Waals surface area contributed by atoms with Crippen molar-refractivity contribution in [3.8, 4) is 0 Å². The Morgan fingerprint density at radius 2 is 2.00 bits per heavy atom. The van der Waals surface area contributed by atoms with Crippen molar-refractivity contribution in [2.45, 2.75) is 19.5 Å². The molecule has 0 spiro atoms. The van der Waals surface area contributed by atoms with E-state index in [0.717, 1.165) is 11.0 Å². The maximum atomic E-state index is 4.01. The van der Waals surface area contributed by atoms with E-state index in [4.69, 9.17) is 0 Å². The van der Waals surface area contributed by atoms with Crippen LogP contribution in [-0.2, 0) is 6.54 Å². The molecule has 0 aliphatic rings. The molecule has 1 heterocycles. The van der Waals surface area contributed by atoms with Gasteiger partial charge in [0.15, 0.2) is 0 Å². The highest BCUT2D eigenvalue weighted by Crippen LogP contribution is 2.18. The average molecular weight is 291 g/mol. The molecule has 3 heteroatoms.